The zero-order valence-electron chi connectivity index (χ0n) is 11.2. The van der Waals surface area contributed by atoms with E-state index in [4.69, 9.17) is 17.0 Å². The molecule has 0 aromatic rings. The van der Waals surface area contributed by atoms with Gasteiger partial charge in [-0.3, -0.25) is 4.90 Å². The van der Waals surface area contributed by atoms with E-state index >= 15 is 0 Å². The van der Waals surface area contributed by atoms with E-state index in [1.807, 2.05) is 0 Å². The van der Waals surface area contributed by atoms with Crippen LogP contribution >= 0.6 is 12.2 Å². The topological polar surface area (TPSA) is 36.5 Å². The van der Waals surface area contributed by atoms with E-state index in [1.165, 1.54) is 12.8 Å². The number of nitrogens with zero attached hydrogens (tertiary/aromatic N) is 1. The van der Waals surface area contributed by atoms with Crippen LogP contribution < -0.4 is 10.6 Å². The monoisotopic (exact) mass is 259 g/mol. The Morgan fingerprint density at radius 1 is 1.47 bits per heavy atom. The first-order chi connectivity index (χ1) is 8.15. The van der Waals surface area contributed by atoms with Gasteiger partial charge < -0.3 is 15.4 Å². The summed E-state index contributed by atoms with van der Waals surface area (Å²) in [4.78, 5) is 2.43. The van der Waals surface area contributed by atoms with E-state index in [2.05, 4.69) is 29.5 Å². The van der Waals surface area contributed by atoms with Crippen LogP contribution in [0.5, 0.6) is 0 Å². The van der Waals surface area contributed by atoms with Gasteiger partial charge in [0.05, 0.1) is 0 Å². The molecule has 100 valence electrons. The van der Waals surface area contributed by atoms with Crippen molar-refractivity contribution >= 4 is 17.3 Å². The zero-order chi connectivity index (χ0) is 12.7. The van der Waals surface area contributed by atoms with Crippen LogP contribution in [0.25, 0.3) is 0 Å². The van der Waals surface area contributed by atoms with Crippen LogP contribution in [0.3, 0.4) is 0 Å². The average molecular weight is 259 g/mol. The first-order valence-corrected chi connectivity index (χ1v) is 6.78. The fourth-order valence-corrected chi connectivity index (χ4v) is 1.89. The predicted molar refractivity (Wildman–Crippen MR) is 75.3 cm³/mol. The Labute approximate surface area is 110 Å². The highest BCUT2D eigenvalue weighted by molar-refractivity contribution is 7.80. The minimum atomic E-state index is 0.529. The van der Waals surface area contributed by atoms with Crippen molar-refractivity contribution in [3.05, 3.63) is 0 Å². The highest BCUT2D eigenvalue weighted by atomic mass is 32.1. The molecule has 4 nitrogen and oxygen atoms in total. The van der Waals surface area contributed by atoms with Gasteiger partial charge in [0.1, 0.15) is 0 Å². The molecule has 5 heteroatoms. The largest absolute Gasteiger partial charge is 0.385 e. The zero-order valence-corrected chi connectivity index (χ0v) is 12.0. The van der Waals surface area contributed by atoms with E-state index in [0.717, 1.165) is 37.3 Å². The number of ether oxygens (including phenoxy) is 1. The SMILES string of the molecule is COCCCNC(=S)NCC(C)N(C)C1CC1. The summed E-state index contributed by atoms with van der Waals surface area (Å²) in [5.41, 5.74) is 0. The van der Waals surface area contributed by atoms with Gasteiger partial charge >= 0.3 is 0 Å². The van der Waals surface area contributed by atoms with Gasteiger partial charge in [0.15, 0.2) is 5.11 Å². The van der Waals surface area contributed by atoms with Crippen molar-refractivity contribution in [3.8, 4) is 0 Å². The maximum Gasteiger partial charge on any atom is 0.166 e. The average Bonchev–Trinajstić information content (AvgIpc) is 3.14. The third-order valence-corrected chi connectivity index (χ3v) is 3.48. The van der Waals surface area contributed by atoms with Gasteiger partial charge in [-0.1, -0.05) is 0 Å². The molecular weight excluding hydrogens is 234 g/mol. The molecule has 0 bridgehead atoms. The lowest BCUT2D eigenvalue weighted by Crippen LogP contribution is -2.44. The second kappa shape index (κ2) is 7.84. The number of nitrogens with one attached hydrogen (secondary N) is 2. The number of hydrogen-bond donors (Lipinski definition) is 2. The summed E-state index contributed by atoms with van der Waals surface area (Å²) in [6.07, 6.45) is 3.68. The van der Waals surface area contributed by atoms with Gasteiger partial charge in [0.2, 0.25) is 0 Å². The molecule has 0 radical (unpaired) electrons. The molecule has 0 aliphatic heterocycles. The molecule has 0 saturated heterocycles. The first kappa shape index (κ1) is 14.7. The van der Waals surface area contributed by atoms with Crippen LogP contribution in [-0.2, 0) is 4.74 Å². The van der Waals surface area contributed by atoms with Crippen LogP contribution in [-0.4, -0.2) is 55.9 Å². The molecule has 0 spiro atoms. The van der Waals surface area contributed by atoms with Gasteiger partial charge in [-0.25, -0.2) is 0 Å². The van der Waals surface area contributed by atoms with Crippen LogP contribution in [0, 0.1) is 0 Å². The van der Waals surface area contributed by atoms with Crippen molar-refractivity contribution in [1.82, 2.24) is 15.5 Å². The molecule has 0 amide bonds. The number of likely N-dealkylation sites (N-methyl/N-ethyl adjacent to an activating group) is 1. The highest BCUT2D eigenvalue weighted by Gasteiger charge is 2.28. The molecule has 0 aromatic carbocycles. The maximum atomic E-state index is 5.21. The number of rotatable bonds is 8. The van der Waals surface area contributed by atoms with E-state index in [1.54, 1.807) is 7.11 Å². The Bertz CT molecular complexity index is 234. The summed E-state index contributed by atoms with van der Waals surface area (Å²) in [6, 6.07) is 1.33. The minimum Gasteiger partial charge on any atom is -0.385 e. The molecule has 1 atom stereocenters. The Balaban J connectivity index is 2.02. The molecule has 17 heavy (non-hydrogen) atoms. The molecule has 0 aromatic heterocycles. The van der Waals surface area contributed by atoms with E-state index in [0.29, 0.717) is 6.04 Å². The predicted octanol–water partition coefficient (Wildman–Crippen LogP) is 0.970. The smallest absolute Gasteiger partial charge is 0.166 e. The van der Waals surface area contributed by atoms with E-state index in [-0.39, 0.29) is 0 Å². The lowest BCUT2D eigenvalue weighted by Gasteiger charge is -2.25. The van der Waals surface area contributed by atoms with Crippen LogP contribution in [0.15, 0.2) is 0 Å². The number of hydrogen-bond acceptors (Lipinski definition) is 3. The van der Waals surface area contributed by atoms with E-state index in [9.17, 15) is 0 Å². The van der Waals surface area contributed by atoms with Crippen molar-refractivity contribution in [1.29, 1.82) is 0 Å². The van der Waals surface area contributed by atoms with Crippen LogP contribution in [0.2, 0.25) is 0 Å². The normalized spacial score (nSPS) is 16.9. The van der Waals surface area contributed by atoms with Crippen molar-refractivity contribution in [2.24, 2.45) is 0 Å². The molecule has 2 N–H and O–H groups in total. The molecule has 1 rings (SSSR count). The van der Waals surface area contributed by atoms with Gasteiger partial charge in [-0.2, -0.15) is 0 Å². The Morgan fingerprint density at radius 2 is 2.18 bits per heavy atom. The third-order valence-electron chi connectivity index (χ3n) is 3.19. The lowest BCUT2D eigenvalue weighted by molar-refractivity contribution is 0.195. The molecule has 1 aliphatic carbocycles. The fraction of sp³-hybridized carbons (Fsp3) is 0.917. The Morgan fingerprint density at radius 3 is 2.76 bits per heavy atom. The molecule has 1 saturated carbocycles. The molecule has 1 aliphatic rings. The summed E-state index contributed by atoms with van der Waals surface area (Å²) < 4.78 is 4.98. The summed E-state index contributed by atoms with van der Waals surface area (Å²) in [6.45, 7) is 4.78. The summed E-state index contributed by atoms with van der Waals surface area (Å²) in [5, 5.41) is 7.19. The van der Waals surface area contributed by atoms with Gasteiger partial charge in [0, 0.05) is 38.9 Å². The van der Waals surface area contributed by atoms with Gasteiger partial charge in [0.25, 0.3) is 0 Å². The first-order valence-electron chi connectivity index (χ1n) is 6.37. The Kier molecular flexibility index (Phi) is 6.77. The third kappa shape index (κ3) is 6.19. The van der Waals surface area contributed by atoms with Gasteiger partial charge in [-0.05, 0) is 45.5 Å². The highest BCUT2D eigenvalue weighted by Crippen LogP contribution is 2.26. The van der Waals surface area contributed by atoms with Crippen LogP contribution in [0.4, 0.5) is 0 Å². The molecule has 1 unspecified atom stereocenters. The second-order valence-electron chi connectivity index (χ2n) is 4.73. The van der Waals surface area contributed by atoms with E-state index < -0.39 is 0 Å². The number of thiocarbonyl (C=S) groups is 1. The summed E-state index contributed by atoms with van der Waals surface area (Å²) in [5.74, 6) is 0. The Hall–Kier alpha value is -0.390. The number of methoxy groups -OCH3 is 1. The summed E-state index contributed by atoms with van der Waals surface area (Å²) in [7, 11) is 3.91. The minimum absolute atomic E-state index is 0.529. The van der Waals surface area contributed by atoms with Crippen molar-refractivity contribution < 1.29 is 4.74 Å². The fourth-order valence-electron chi connectivity index (χ4n) is 1.71. The van der Waals surface area contributed by atoms with Crippen molar-refractivity contribution in [2.75, 3.05) is 33.9 Å². The molecular formula is C12H25N3OS. The standard InChI is InChI=1S/C12H25N3OS/c1-10(15(2)11-5-6-11)9-14-12(17)13-7-4-8-16-3/h10-11H,4-9H2,1-3H3,(H2,13,14,17). The molecule has 0 heterocycles. The van der Waals surface area contributed by atoms with Crippen molar-refractivity contribution in [2.45, 2.75) is 38.3 Å². The lowest BCUT2D eigenvalue weighted by atomic mass is 10.3. The van der Waals surface area contributed by atoms with Crippen molar-refractivity contribution in [3.63, 3.8) is 0 Å². The van der Waals surface area contributed by atoms with Crippen LogP contribution in [0.1, 0.15) is 26.2 Å². The van der Waals surface area contributed by atoms with Gasteiger partial charge in [-0.15, -0.1) is 0 Å². The molecule has 1 fully saturated rings. The summed E-state index contributed by atoms with van der Waals surface area (Å²) >= 11 is 5.21. The second-order valence-corrected chi connectivity index (χ2v) is 5.14. The maximum absolute atomic E-state index is 5.21. The quantitative estimate of drug-likeness (QED) is 0.502.